The molecule has 1 fully saturated rings. The molecule has 9 nitrogen and oxygen atoms in total. The van der Waals surface area contributed by atoms with Crippen molar-refractivity contribution in [3.8, 4) is 11.1 Å². The number of amides is 2. The lowest BCUT2D eigenvalue weighted by molar-refractivity contribution is -0.149. The van der Waals surface area contributed by atoms with E-state index in [1.54, 1.807) is 0 Å². The first kappa shape index (κ1) is 23.7. The summed E-state index contributed by atoms with van der Waals surface area (Å²) >= 11 is 0. The van der Waals surface area contributed by atoms with Gasteiger partial charge in [0.05, 0.1) is 12.7 Å². The van der Waals surface area contributed by atoms with Crippen LogP contribution in [0.5, 0.6) is 0 Å². The van der Waals surface area contributed by atoms with E-state index >= 15 is 0 Å². The number of rotatable bonds is 9. The lowest BCUT2D eigenvalue weighted by Gasteiger charge is -2.20. The Kier molecular flexibility index (Phi) is 7.44. The highest BCUT2D eigenvalue weighted by Gasteiger charge is 2.32. The summed E-state index contributed by atoms with van der Waals surface area (Å²) < 4.78 is 16.0. The van der Waals surface area contributed by atoms with Crippen LogP contribution in [0.2, 0.25) is 0 Å². The van der Waals surface area contributed by atoms with Gasteiger partial charge in [0, 0.05) is 19.6 Å². The Bertz CT molecular complexity index is 1010. The molecule has 1 aliphatic heterocycles. The van der Waals surface area contributed by atoms with Crippen LogP contribution in [0.4, 0.5) is 4.79 Å². The van der Waals surface area contributed by atoms with Crippen molar-refractivity contribution in [2.45, 2.75) is 37.0 Å². The van der Waals surface area contributed by atoms with E-state index in [1.807, 2.05) is 36.4 Å². The van der Waals surface area contributed by atoms with Gasteiger partial charge in [-0.1, -0.05) is 48.5 Å². The monoisotopic (exact) mass is 468 g/mol. The molecule has 2 aromatic rings. The van der Waals surface area contributed by atoms with Crippen LogP contribution in [0.25, 0.3) is 11.1 Å². The number of aliphatic carboxylic acids is 1. The van der Waals surface area contributed by atoms with Gasteiger partial charge in [0.25, 0.3) is 0 Å². The van der Waals surface area contributed by atoms with E-state index in [0.717, 1.165) is 22.3 Å². The molecular formula is C25H28N2O7. The summed E-state index contributed by atoms with van der Waals surface area (Å²) in [6.45, 7) is 0.238. The number of methoxy groups -OCH3 is 1. The van der Waals surface area contributed by atoms with Crippen LogP contribution in [0.3, 0.4) is 0 Å². The highest BCUT2D eigenvalue weighted by molar-refractivity contribution is 5.86. The first-order valence-corrected chi connectivity index (χ1v) is 11.2. The largest absolute Gasteiger partial charge is 0.479 e. The molecule has 1 aliphatic carbocycles. The summed E-state index contributed by atoms with van der Waals surface area (Å²) in [6.07, 6.45) is -1.03. The zero-order valence-corrected chi connectivity index (χ0v) is 18.9. The molecule has 1 saturated heterocycles. The molecular weight excluding hydrogens is 440 g/mol. The number of hydrogen-bond acceptors (Lipinski definition) is 6. The lowest BCUT2D eigenvalue weighted by Crippen LogP contribution is -2.50. The van der Waals surface area contributed by atoms with Crippen molar-refractivity contribution in [2.75, 3.05) is 26.9 Å². The van der Waals surface area contributed by atoms with Crippen LogP contribution < -0.4 is 10.6 Å². The quantitative estimate of drug-likeness (QED) is 0.516. The number of alkyl carbamates (subject to hydrolysis) is 1. The van der Waals surface area contributed by atoms with Crippen molar-refractivity contribution < 1.29 is 33.7 Å². The zero-order valence-electron chi connectivity index (χ0n) is 18.9. The van der Waals surface area contributed by atoms with E-state index in [4.69, 9.17) is 19.3 Å². The molecule has 2 amide bonds. The van der Waals surface area contributed by atoms with Crippen LogP contribution in [0, 0.1) is 0 Å². The molecule has 1 heterocycles. The number of fused-ring (bicyclic) bond motifs is 3. The number of benzene rings is 2. The van der Waals surface area contributed by atoms with Crippen LogP contribution >= 0.6 is 0 Å². The van der Waals surface area contributed by atoms with Gasteiger partial charge in [-0.15, -0.1) is 0 Å². The fourth-order valence-corrected chi connectivity index (χ4v) is 4.51. The molecule has 0 bridgehead atoms. The molecule has 3 atom stereocenters. The van der Waals surface area contributed by atoms with Crippen LogP contribution in [0.1, 0.15) is 29.9 Å². The van der Waals surface area contributed by atoms with Gasteiger partial charge >= 0.3 is 12.1 Å². The molecule has 3 unspecified atom stereocenters. The third kappa shape index (κ3) is 5.21. The summed E-state index contributed by atoms with van der Waals surface area (Å²) in [5, 5.41) is 14.3. The average Bonchev–Trinajstić information content (AvgIpc) is 3.44. The third-order valence-corrected chi connectivity index (χ3v) is 6.17. The standard InChI is InChI=1S/C25H28N2O7/c1-32-14-21(23(28)26-12-15-10-11-22(34-15)24(29)30)27-25(31)33-13-20-18-8-4-2-6-16(18)17-7-3-5-9-19(17)20/h2-9,15,20-22H,10-14H2,1H3,(H,26,28)(H,27,31)(H,29,30). The number of ether oxygens (including phenoxy) is 3. The Labute approximate surface area is 197 Å². The predicted octanol–water partition coefficient (Wildman–Crippen LogP) is 2.29. The highest BCUT2D eigenvalue weighted by Crippen LogP contribution is 2.44. The van der Waals surface area contributed by atoms with E-state index in [1.165, 1.54) is 7.11 Å². The maximum Gasteiger partial charge on any atom is 0.407 e. The van der Waals surface area contributed by atoms with Crippen molar-refractivity contribution in [1.29, 1.82) is 0 Å². The summed E-state index contributed by atoms with van der Waals surface area (Å²) in [4.78, 5) is 36.1. The Morgan fingerprint density at radius 2 is 1.71 bits per heavy atom. The van der Waals surface area contributed by atoms with Gasteiger partial charge in [-0.3, -0.25) is 4.79 Å². The second-order valence-electron chi connectivity index (χ2n) is 8.39. The first-order valence-electron chi connectivity index (χ1n) is 11.2. The molecule has 180 valence electrons. The second kappa shape index (κ2) is 10.7. The maximum absolute atomic E-state index is 12.6. The van der Waals surface area contributed by atoms with Gasteiger partial charge in [-0.05, 0) is 35.1 Å². The minimum atomic E-state index is -1.01. The van der Waals surface area contributed by atoms with Crippen molar-refractivity contribution in [3.05, 3.63) is 59.7 Å². The van der Waals surface area contributed by atoms with Crippen LogP contribution in [0.15, 0.2) is 48.5 Å². The maximum atomic E-state index is 12.6. The molecule has 2 aromatic carbocycles. The minimum absolute atomic E-state index is 0.0424. The summed E-state index contributed by atoms with van der Waals surface area (Å²) in [5.74, 6) is -1.56. The van der Waals surface area contributed by atoms with E-state index in [0.29, 0.717) is 12.8 Å². The summed E-state index contributed by atoms with van der Waals surface area (Å²) in [5.41, 5.74) is 4.45. The van der Waals surface area contributed by atoms with Gasteiger partial charge in [0.15, 0.2) is 6.10 Å². The first-order chi connectivity index (χ1) is 16.5. The van der Waals surface area contributed by atoms with Gasteiger partial charge < -0.3 is 30.0 Å². The fourth-order valence-electron chi connectivity index (χ4n) is 4.51. The van der Waals surface area contributed by atoms with E-state index in [2.05, 4.69) is 22.8 Å². The smallest absolute Gasteiger partial charge is 0.407 e. The molecule has 0 saturated carbocycles. The molecule has 9 heteroatoms. The SMILES string of the molecule is COCC(NC(=O)OCC1c2ccccc2-c2ccccc21)C(=O)NCC1CCC(C(=O)O)O1. The minimum Gasteiger partial charge on any atom is -0.479 e. The second-order valence-corrected chi connectivity index (χ2v) is 8.39. The number of carboxylic acid groups (broad SMARTS) is 1. The normalized spacial score (nSPS) is 19.7. The van der Waals surface area contributed by atoms with E-state index in [9.17, 15) is 14.4 Å². The number of hydrogen-bond donors (Lipinski definition) is 3. The van der Waals surface area contributed by atoms with Crippen molar-refractivity contribution in [3.63, 3.8) is 0 Å². The number of nitrogens with one attached hydrogen (secondary N) is 2. The number of carbonyl (C=O) groups is 3. The number of carboxylic acids is 1. The highest BCUT2D eigenvalue weighted by atomic mass is 16.6. The molecule has 0 radical (unpaired) electrons. The zero-order chi connectivity index (χ0) is 24.1. The Hall–Kier alpha value is -3.43. The molecule has 0 aromatic heterocycles. The summed E-state index contributed by atoms with van der Waals surface area (Å²) in [7, 11) is 1.43. The third-order valence-electron chi connectivity index (χ3n) is 6.17. The predicted molar refractivity (Wildman–Crippen MR) is 122 cm³/mol. The van der Waals surface area contributed by atoms with Crippen molar-refractivity contribution in [2.24, 2.45) is 0 Å². The van der Waals surface area contributed by atoms with Crippen LogP contribution in [-0.4, -0.2) is 68.2 Å². The van der Waals surface area contributed by atoms with E-state index < -0.39 is 30.1 Å². The van der Waals surface area contributed by atoms with Gasteiger partial charge in [0.2, 0.25) is 5.91 Å². The lowest BCUT2D eigenvalue weighted by atomic mass is 9.98. The van der Waals surface area contributed by atoms with Crippen molar-refractivity contribution >= 4 is 18.0 Å². The Balaban J connectivity index is 1.31. The Morgan fingerprint density at radius 1 is 1.06 bits per heavy atom. The summed E-state index contributed by atoms with van der Waals surface area (Å²) in [6, 6.07) is 15.1. The van der Waals surface area contributed by atoms with Crippen LogP contribution in [-0.2, 0) is 23.8 Å². The number of carbonyl (C=O) groups excluding carboxylic acids is 2. The topological polar surface area (TPSA) is 123 Å². The van der Waals surface area contributed by atoms with Gasteiger partial charge in [-0.25, -0.2) is 9.59 Å². The molecule has 4 rings (SSSR count). The molecule has 3 N–H and O–H groups in total. The van der Waals surface area contributed by atoms with Gasteiger partial charge in [-0.2, -0.15) is 0 Å². The average molecular weight is 469 g/mol. The van der Waals surface area contributed by atoms with Gasteiger partial charge in [0.1, 0.15) is 12.6 Å². The van der Waals surface area contributed by atoms with Crippen molar-refractivity contribution in [1.82, 2.24) is 10.6 Å². The Morgan fingerprint density at radius 3 is 2.29 bits per heavy atom. The van der Waals surface area contributed by atoms with E-state index in [-0.39, 0.29) is 31.8 Å². The molecule has 2 aliphatic rings. The fraction of sp³-hybridized carbons (Fsp3) is 0.400. The molecule has 0 spiro atoms. The molecule has 34 heavy (non-hydrogen) atoms.